The number of hydrogen-bond donors (Lipinski definition) is 0. The number of thiocarbonyl (C=S) groups is 1. The Bertz CT molecular complexity index is 863. The predicted octanol–water partition coefficient (Wildman–Crippen LogP) is 2.09. The van der Waals surface area contributed by atoms with Crippen molar-refractivity contribution in [3.63, 3.8) is 0 Å². The van der Waals surface area contributed by atoms with Crippen molar-refractivity contribution >= 4 is 50.1 Å². The largest absolute Gasteiger partial charge is 0.497 e. The van der Waals surface area contributed by atoms with Crippen molar-refractivity contribution in [3.8, 4) is 11.5 Å². The smallest absolute Gasteiger partial charge is 0.266 e. The average molecular weight is 400 g/mol. The summed E-state index contributed by atoms with van der Waals surface area (Å²) in [6, 6.07) is 4.92. The molecule has 3 rings (SSSR count). The zero-order valence-corrected chi connectivity index (χ0v) is 16.2. The van der Waals surface area contributed by atoms with E-state index >= 15 is 0 Å². The Morgan fingerprint density at radius 3 is 2.68 bits per heavy atom. The zero-order chi connectivity index (χ0) is 18.2. The second-order valence-electron chi connectivity index (χ2n) is 5.72. The summed E-state index contributed by atoms with van der Waals surface area (Å²) in [7, 11) is 0.0159. The quantitative estimate of drug-likeness (QED) is 0.567. The highest BCUT2D eigenvalue weighted by Crippen LogP contribution is 2.37. The van der Waals surface area contributed by atoms with Gasteiger partial charge in [-0.3, -0.25) is 9.69 Å². The van der Waals surface area contributed by atoms with Crippen LogP contribution in [0.5, 0.6) is 11.5 Å². The van der Waals surface area contributed by atoms with Gasteiger partial charge in [0.05, 0.1) is 36.7 Å². The fourth-order valence-corrected chi connectivity index (χ4v) is 5.96. The maximum Gasteiger partial charge on any atom is 0.266 e. The predicted molar refractivity (Wildman–Crippen MR) is 102 cm³/mol. The average Bonchev–Trinajstić information content (AvgIpc) is 3.06. The van der Waals surface area contributed by atoms with Gasteiger partial charge in [0.1, 0.15) is 15.8 Å². The number of amides is 1. The molecule has 0 N–H and O–H groups in total. The van der Waals surface area contributed by atoms with E-state index in [1.165, 1.54) is 16.7 Å². The summed E-state index contributed by atoms with van der Waals surface area (Å²) in [5.74, 6) is 1.05. The molecule has 0 aliphatic carbocycles. The molecule has 0 radical (unpaired) electrons. The van der Waals surface area contributed by atoms with Crippen LogP contribution in [-0.2, 0) is 14.6 Å². The van der Waals surface area contributed by atoms with Crippen LogP contribution in [0.25, 0.3) is 6.08 Å². The summed E-state index contributed by atoms with van der Waals surface area (Å²) < 4.78 is 34.3. The van der Waals surface area contributed by atoms with Gasteiger partial charge in [-0.15, -0.1) is 0 Å². The minimum atomic E-state index is -3.09. The molecule has 1 unspecified atom stereocenters. The first-order valence-corrected chi connectivity index (χ1v) is 10.6. The van der Waals surface area contributed by atoms with Crippen LogP contribution in [-0.4, -0.2) is 55.3 Å². The fraction of sp³-hybridized carbons (Fsp3) is 0.375. The molecular weight excluding hydrogens is 382 g/mol. The minimum Gasteiger partial charge on any atom is -0.497 e. The van der Waals surface area contributed by atoms with Crippen molar-refractivity contribution < 1.29 is 22.7 Å². The van der Waals surface area contributed by atoms with E-state index in [1.54, 1.807) is 38.5 Å². The van der Waals surface area contributed by atoms with Gasteiger partial charge in [0.15, 0.2) is 9.84 Å². The third kappa shape index (κ3) is 3.68. The number of methoxy groups -OCH3 is 2. The van der Waals surface area contributed by atoms with Crippen molar-refractivity contribution in [3.05, 3.63) is 28.7 Å². The molecule has 0 aromatic heterocycles. The SMILES string of the molecule is COc1ccc(OC)c(/C=C2\SC(=S)N(C3CCS(=O)(=O)C3)C2=O)c1. The van der Waals surface area contributed by atoms with Gasteiger partial charge in [0.2, 0.25) is 0 Å². The summed E-state index contributed by atoms with van der Waals surface area (Å²) in [6.45, 7) is 0. The number of hydrogen-bond acceptors (Lipinski definition) is 7. The van der Waals surface area contributed by atoms with Crippen molar-refractivity contribution in [2.75, 3.05) is 25.7 Å². The molecule has 6 nitrogen and oxygen atoms in total. The van der Waals surface area contributed by atoms with E-state index in [9.17, 15) is 13.2 Å². The van der Waals surface area contributed by atoms with E-state index in [4.69, 9.17) is 21.7 Å². The topological polar surface area (TPSA) is 72.9 Å². The van der Waals surface area contributed by atoms with Gasteiger partial charge < -0.3 is 9.47 Å². The van der Waals surface area contributed by atoms with Gasteiger partial charge in [0.25, 0.3) is 5.91 Å². The number of carbonyl (C=O) groups is 1. The summed E-state index contributed by atoms with van der Waals surface area (Å²) in [5, 5.41) is 0. The second-order valence-corrected chi connectivity index (χ2v) is 9.62. The van der Waals surface area contributed by atoms with Crippen LogP contribution in [0.2, 0.25) is 0 Å². The van der Waals surface area contributed by atoms with E-state index in [0.717, 1.165) is 0 Å². The molecule has 0 spiro atoms. The Labute approximate surface area is 156 Å². The van der Waals surface area contributed by atoms with E-state index < -0.39 is 9.84 Å². The molecule has 1 amide bonds. The molecule has 1 aromatic carbocycles. The Morgan fingerprint density at radius 2 is 2.08 bits per heavy atom. The van der Waals surface area contributed by atoms with Gasteiger partial charge in [-0.1, -0.05) is 24.0 Å². The molecule has 0 bridgehead atoms. The van der Waals surface area contributed by atoms with E-state index in [2.05, 4.69) is 0 Å². The first kappa shape index (κ1) is 18.2. The summed E-state index contributed by atoms with van der Waals surface area (Å²) in [6.07, 6.45) is 2.12. The van der Waals surface area contributed by atoms with E-state index in [-0.39, 0.29) is 23.5 Å². The molecule has 2 aliphatic heterocycles. The standard InChI is InChI=1S/C16H17NO5S3/c1-21-12-3-4-13(22-2)10(7-12)8-14-15(18)17(16(23)24-14)11-5-6-25(19,20)9-11/h3-4,7-8,11H,5-6,9H2,1-2H3/b14-8-. The van der Waals surface area contributed by atoms with Crippen LogP contribution in [0.1, 0.15) is 12.0 Å². The number of nitrogens with zero attached hydrogens (tertiary/aromatic N) is 1. The van der Waals surface area contributed by atoms with Crippen molar-refractivity contribution in [2.24, 2.45) is 0 Å². The number of benzene rings is 1. The van der Waals surface area contributed by atoms with Crippen molar-refractivity contribution in [2.45, 2.75) is 12.5 Å². The molecule has 1 aromatic rings. The first-order chi connectivity index (χ1) is 11.8. The molecular formula is C16H17NO5S3. The maximum absolute atomic E-state index is 12.8. The Kier molecular flexibility index (Phi) is 5.08. The number of carbonyl (C=O) groups excluding carboxylic acids is 1. The monoisotopic (exact) mass is 399 g/mol. The molecule has 2 aliphatic rings. The third-order valence-corrected chi connectivity index (χ3v) is 7.20. The Balaban J connectivity index is 1.91. The highest BCUT2D eigenvalue weighted by atomic mass is 32.2. The zero-order valence-electron chi connectivity index (χ0n) is 13.7. The van der Waals surface area contributed by atoms with Crippen LogP contribution in [0, 0.1) is 0 Å². The summed E-state index contributed by atoms with van der Waals surface area (Å²) in [4.78, 5) is 14.6. The van der Waals surface area contributed by atoms with E-state index in [1.807, 2.05) is 0 Å². The maximum atomic E-state index is 12.8. The lowest BCUT2D eigenvalue weighted by Crippen LogP contribution is -2.39. The number of ether oxygens (including phenoxy) is 2. The summed E-state index contributed by atoms with van der Waals surface area (Å²) in [5.41, 5.74) is 0.696. The Hall–Kier alpha value is -1.58. The highest BCUT2D eigenvalue weighted by molar-refractivity contribution is 8.26. The lowest BCUT2D eigenvalue weighted by atomic mass is 10.1. The van der Waals surface area contributed by atoms with Crippen LogP contribution >= 0.6 is 24.0 Å². The minimum absolute atomic E-state index is 0.0325. The van der Waals surface area contributed by atoms with Gasteiger partial charge in [-0.05, 0) is 30.7 Å². The second kappa shape index (κ2) is 6.97. The third-order valence-electron chi connectivity index (χ3n) is 4.12. The molecule has 25 heavy (non-hydrogen) atoms. The van der Waals surface area contributed by atoms with Gasteiger partial charge in [-0.25, -0.2) is 8.42 Å². The van der Waals surface area contributed by atoms with Crippen LogP contribution in [0.3, 0.4) is 0 Å². The molecule has 9 heteroatoms. The fourth-order valence-electron chi connectivity index (χ4n) is 2.87. The van der Waals surface area contributed by atoms with E-state index in [0.29, 0.717) is 32.7 Å². The lowest BCUT2D eigenvalue weighted by Gasteiger charge is -2.20. The number of sulfone groups is 1. The van der Waals surface area contributed by atoms with Gasteiger partial charge in [0, 0.05) is 5.56 Å². The van der Waals surface area contributed by atoms with Crippen LogP contribution < -0.4 is 9.47 Å². The van der Waals surface area contributed by atoms with Gasteiger partial charge in [-0.2, -0.15) is 0 Å². The number of rotatable bonds is 4. The molecule has 2 fully saturated rings. The Morgan fingerprint density at radius 1 is 1.32 bits per heavy atom. The van der Waals surface area contributed by atoms with Crippen molar-refractivity contribution in [1.29, 1.82) is 0 Å². The van der Waals surface area contributed by atoms with Crippen LogP contribution in [0.15, 0.2) is 23.1 Å². The number of thioether (sulfide) groups is 1. The summed E-state index contributed by atoms with van der Waals surface area (Å²) >= 11 is 6.48. The molecule has 2 saturated heterocycles. The molecule has 1 atom stereocenters. The van der Waals surface area contributed by atoms with Gasteiger partial charge >= 0.3 is 0 Å². The first-order valence-electron chi connectivity index (χ1n) is 7.54. The molecule has 2 heterocycles. The normalized spacial score (nSPS) is 24.2. The highest BCUT2D eigenvalue weighted by Gasteiger charge is 2.42. The lowest BCUT2D eigenvalue weighted by molar-refractivity contribution is -0.123. The van der Waals surface area contributed by atoms with Crippen LogP contribution in [0.4, 0.5) is 0 Å². The van der Waals surface area contributed by atoms with Crippen molar-refractivity contribution in [1.82, 2.24) is 4.90 Å². The molecule has 0 saturated carbocycles. The molecule has 134 valence electrons.